The van der Waals surface area contributed by atoms with E-state index in [-0.39, 0.29) is 0 Å². The maximum absolute atomic E-state index is 10.3. The number of carbonyl (C=O) groups is 1. The minimum Gasteiger partial charge on any atom is -0.394 e. The highest BCUT2D eigenvalue weighted by Crippen LogP contribution is 2.30. The van der Waals surface area contributed by atoms with Gasteiger partial charge in [0.2, 0.25) is 0 Å². The van der Waals surface area contributed by atoms with Gasteiger partial charge in [-0.25, -0.2) is 4.31 Å². The molecule has 4 unspecified atom stereocenters. The summed E-state index contributed by atoms with van der Waals surface area (Å²) in [6.45, 7) is -1.54. The lowest BCUT2D eigenvalue weighted by Crippen LogP contribution is -2.37. The average molecular weight is 296 g/mol. The zero-order chi connectivity index (χ0) is 14.0. The van der Waals surface area contributed by atoms with Crippen molar-refractivity contribution in [2.45, 2.75) is 12.2 Å². The van der Waals surface area contributed by atoms with Crippen molar-refractivity contribution in [1.82, 2.24) is 0 Å². The van der Waals surface area contributed by atoms with Gasteiger partial charge >= 0.3 is 16.5 Å². The molecule has 6 N–H and O–H groups in total. The molecule has 0 aliphatic heterocycles. The van der Waals surface area contributed by atoms with Crippen LogP contribution in [0.15, 0.2) is 0 Å². The number of ketones is 1. The van der Waals surface area contributed by atoms with Crippen molar-refractivity contribution < 1.29 is 48.4 Å². The van der Waals surface area contributed by atoms with Crippen molar-refractivity contribution in [3.63, 3.8) is 0 Å². The van der Waals surface area contributed by atoms with E-state index in [0.29, 0.717) is 0 Å². The zero-order valence-electron chi connectivity index (χ0n) is 8.39. The first-order valence-corrected chi connectivity index (χ1v) is 6.53. The lowest BCUT2D eigenvalue weighted by atomic mass is 10.1. The molecular weight excluding hydrogens is 282 g/mol. The van der Waals surface area contributed by atoms with Crippen molar-refractivity contribution in [2.24, 2.45) is 0 Å². The predicted molar refractivity (Wildman–Crippen MR) is 54.7 cm³/mol. The molecule has 4 atom stereocenters. The van der Waals surface area contributed by atoms with Crippen LogP contribution in [-0.2, 0) is 18.2 Å². The van der Waals surface area contributed by atoms with Crippen LogP contribution in [0.5, 0.6) is 0 Å². The number of Topliss-reactive ketones (excluding diaryl/α,β-unsaturated/α-hetero) is 1. The normalized spacial score (nSPS) is 17.3. The van der Waals surface area contributed by atoms with Crippen molar-refractivity contribution in [3.05, 3.63) is 0 Å². The Morgan fingerprint density at radius 2 is 1.53 bits per heavy atom. The summed E-state index contributed by atoms with van der Waals surface area (Å²) in [6, 6.07) is 0. The van der Waals surface area contributed by atoms with E-state index < -0.39 is 47.7 Å². The molecule has 0 bridgehead atoms. The second-order valence-corrected chi connectivity index (χ2v) is 4.33. The average Bonchev–Trinajstić information content (AvgIpc) is 2.24. The molecule has 0 saturated carbocycles. The summed E-state index contributed by atoms with van der Waals surface area (Å²) in [5, 5.41) is 33.6. The first-order valence-electron chi connectivity index (χ1n) is 4.00. The van der Waals surface area contributed by atoms with Gasteiger partial charge in [-0.05, 0) is 0 Å². The maximum atomic E-state index is 10.3. The Bertz CT molecular complexity index is 255. The second-order valence-electron chi connectivity index (χ2n) is 2.45. The first-order chi connectivity index (χ1) is 7.76. The van der Waals surface area contributed by atoms with E-state index in [0.717, 1.165) is 0 Å². The molecule has 0 aromatic carbocycles. The van der Waals surface area contributed by atoms with Crippen LogP contribution < -0.4 is 0 Å². The van der Waals surface area contributed by atoms with E-state index in [9.17, 15) is 13.9 Å². The Balaban J connectivity index is 0. The number of hydrogen-bond acceptors (Lipinski definition) is 8. The Morgan fingerprint density at radius 3 is 1.71 bits per heavy atom. The number of aliphatic hydroxyl groups excluding tert-OH is 4. The van der Waals surface area contributed by atoms with Gasteiger partial charge in [0.1, 0.15) is 18.8 Å². The lowest BCUT2D eigenvalue weighted by Gasteiger charge is -2.11. The summed E-state index contributed by atoms with van der Waals surface area (Å²) in [6.07, 6.45) is -3.19. The topological polar surface area (TPSA) is 182 Å². The first kappa shape index (κ1) is 19.2. The third kappa shape index (κ3) is 12.1. The fourth-order valence-electron chi connectivity index (χ4n) is 0.483. The molecule has 0 amide bonds. The number of aliphatic hydroxyl groups is 4. The summed E-state index contributed by atoms with van der Waals surface area (Å²) in [7, 11) is -6.40. The molecule has 0 aliphatic rings. The molecule has 0 rings (SSSR count). The highest BCUT2D eigenvalue weighted by molar-refractivity contribution is 7.46. The van der Waals surface area contributed by atoms with Crippen LogP contribution >= 0.6 is 16.5 Å². The van der Waals surface area contributed by atoms with Crippen LogP contribution in [0.25, 0.3) is 0 Å². The minimum absolute atomic E-state index is 0.701. The van der Waals surface area contributed by atoms with Crippen LogP contribution in [0.4, 0.5) is 0 Å². The molecule has 0 aromatic heterocycles. The molecule has 0 fully saturated rings. The van der Waals surface area contributed by atoms with E-state index in [1.165, 1.54) is 0 Å². The fourth-order valence-corrected chi connectivity index (χ4v) is 1.08. The smallest absolute Gasteiger partial charge is 0.323 e. The van der Waals surface area contributed by atoms with Gasteiger partial charge < -0.3 is 30.2 Å². The summed E-state index contributed by atoms with van der Waals surface area (Å²) >= 11 is 0. The Kier molecular flexibility index (Phi) is 12.4. The van der Waals surface area contributed by atoms with E-state index in [1.807, 2.05) is 0 Å². The molecule has 0 heterocycles. The van der Waals surface area contributed by atoms with Gasteiger partial charge in [0.15, 0.2) is 5.78 Å². The fraction of sp³-hybridized carbons (Fsp3) is 0.800. The van der Waals surface area contributed by atoms with Gasteiger partial charge in [0.05, 0.1) is 6.61 Å². The molecule has 10 nitrogen and oxygen atoms in total. The lowest BCUT2D eigenvalue weighted by molar-refractivity contribution is -0.137. The molecule has 0 saturated heterocycles. The third-order valence-corrected chi connectivity index (χ3v) is 2.61. The van der Waals surface area contributed by atoms with Gasteiger partial charge in [-0.15, -0.1) is 0 Å². The van der Waals surface area contributed by atoms with Crippen LogP contribution in [0, 0.1) is 0 Å². The molecule has 104 valence electrons. The summed E-state index contributed by atoms with van der Waals surface area (Å²) in [4.78, 5) is 25.8. The number of carbonyl (C=O) groups excluding carboxylic acids is 1. The Morgan fingerprint density at radius 1 is 1.12 bits per heavy atom. The largest absolute Gasteiger partial charge is 0.394 e. The SMILES string of the molecule is O=C(CO)C(O)C(O)CO.O=[PH](O)O[PH](=O)O. The molecule has 0 radical (unpaired) electrons. The number of rotatable bonds is 6. The molecule has 0 aromatic rings. The van der Waals surface area contributed by atoms with Gasteiger partial charge in [0, 0.05) is 0 Å². The quantitative estimate of drug-likeness (QED) is 0.277. The van der Waals surface area contributed by atoms with Crippen LogP contribution in [0.2, 0.25) is 0 Å². The minimum atomic E-state index is -3.20. The maximum Gasteiger partial charge on any atom is 0.323 e. The monoisotopic (exact) mass is 296 g/mol. The summed E-state index contributed by atoms with van der Waals surface area (Å²) < 4.78 is 22.3. The van der Waals surface area contributed by atoms with Crippen molar-refractivity contribution in [3.8, 4) is 0 Å². The van der Waals surface area contributed by atoms with Crippen molar-refractivity contribution in [2.75, 3.05) is 13.2 Å². The molecule has 12 heteroatoms. The third-order valence-electron chi connectivity index (χ3n) is 1.21. The highest BCUT2D eigenvalue weighted by Gasteiger charge is 2.21. The van der Waals surface area contributed by atoms with Crippen molar-refractivity contribution in [1.29, 1.82) is 0 Å². The standard InChI is InChI=1S/C5H10O5.H4O5P2/c6-1-3(8)5(10)4(9)2-7;1-6(2)5-7(3)4/h3,5-8,10H,1-2H2;6-7H,(H,1,2)(H,3,4). The van der Waals surface area contributed by atoms with Gasteiger partial charge in [-0.2, -0.15) is 0 Å². The Hall–Kier alpha value is -0.150. The van der Waals surface area contributed by atoms with Gasteiger partial charge in [-0.3, -0.25) is 13.9 Å². The predicted octanol–water partition coefficient (Wildman–Crippen LogP) is -2.97. The van der Waals surface area contributed by atoms with Crippen molar-refractivity contribution >= 4 is 22.3 Å². The van der Waals surface area contributed by atoms with Crippen LogP contribution in [0.3, 0.4) is 0 Å². The Labute approximate surface area is 97.0 Å². The molecular formula is C5H14O10P2. The second kappa shape index (κ2) is 11.0. The van der Waals surface area contributed by atoms with E-state index in [1.54, 1.807) is 0 Å². The summed E-state index contributed by atoms with van der Waals surface area (Å²) in [5.74, 6) is -0.901. The summed E-state index contributed by atoms with van der Waals surface area (Å²) in [5.41, 5.74) is 0. The molecule has 17 heavy (non-hydrogen) atoms. The van der Waals surface area contributed by atoms with E-state index in [2.05, 4.69) is 4.31 Å². The van der Waals surface area contributed by atoms with Crippen LogP contribution in [-0.4, -0.2) is 61.4 Å². The van der Waals surface area contributed by atoms with Gasteiger partial charge in [-0.1, -0.05) is 0 Å². The molecule has 0 aliphatic carbocycles. The molecule has 0 spiro atoms. The van der Waals surface area contributed by atoms with Crippen LogP contribution in [0.1, 0.15) is 0 Å². The highest BCUT2D eigenvalue weighted by atomic mass is 31.2. The van der Waals surface area contributed by atoms with E-state index in [4.69, 9.17) is 30.2 Å². The number of hydrogen-bond donors (Lipinski definition) is 6. The van der Waals surface area contributed by atoms with Gasteiger partial charge in [0.25, 0.3) is 0 Å². The zero-order valence-corrected chi connectivity index (χ0v) is 10.4. The van der Waals surface area contributed by atoms with E-state index >= 15 is 0 Å².